The summed E-state index contributed by atoms with van der Waals surface area (Å²) in [5.41, 5.74) is 0.558. The van der Waals surface area contributed by atoms with Crippen LogP contribution in [0.3, 0.4) is 0 Å². The fourth-order valence-corrected chi connectivity index (χ4v) is 2.08. The van der Waals surface area contributed by atoms with E-state index in [1.807, 2.05) is 6.92 Å². The summed E-state index contributed by atoms with van der Waals surface area (Å²) >= 11 is 0. The number of ether oxygens (including phenoxy) is 1. The van der Waals surface area contributed by atoms with Gasteiger partial charge in [-0.2, -0.15) is 0 Å². The Balaban J connectivity index is 1.85. The van der Waals surface area contributed by atoms with Crippen LogP contribution in [0.4, 0.5) is 0 Å². The molecule has 0 aromatic heterocycles. The zero-order chi connectivity index (χ0) is 13.8. The van der Waals surface area contributed by atoms with Crippen molar-refractivity contribution >= 4 is 11.9 Å². The van der Waals surface area contributed by atoms with Crippen LogP contribution in [-0.2, 0) is 4.79 Å². The van der Waals surface area contributed by atoms with Gasteiger partial charge in [0.05, 0.1) is 12.5 Å². The first-order chi connectivity index (χ1) is 9.10. The Kier molecular flexibility index (Phi) is 4.04. The maximum Gasteiger partial charge on any atom is 0.306 e. The molecule has 0 bridgehead atoms. The molecule has 5 heteroatoms. The number of carboxylic acids is 1. The first-order valence-electron chi connectivity index (χ1n) is 6.36. The van der Waals surface area contributed by atoms with Crippen molar-refractivity contribution in [2.24, 2.45) is 5.92 Å². The van der Waals surface area contributed by atoms with Gasteiger partial charge >= 0.3 is 5.97 Å². The average molecular weight is 263 g/mol. The van der Waals surface area contributed by atoms with Crippen LogP contribution in [0.15, 0.2) is 24.3 Å². The van der Waals surface area contributed by atoms with E-state index < -0.39 is 5.97 Å². The number of hydrogen-bond donors (Lipinski definition) is 2. The van der Waals surface area contributed by atoms with Crippen LogP contribution in [0.1, 0.15) is 30.1 Å². The van der Waals surface area contributed by atoms with Gasteiger partial charge in [0, 0.05) is 11.6 Å². The lowest BCUT2D eigenvalue weighted by Crippen LogP contribution is -2.46. The van der Waals surface area contributed by atoms with E-state index in [1.54, 1.807) is 24.3 Å². The van der Waals surface area contributed by atoms with E-state index in [0.29, 0.717) is 25.0 Å². The van der Waals surface area contributed by atoms with Gasteiger partial charge in [0.1, 0.15) is 5.75 Å². The van der Waals surface area contributed by atoms with Crippen LogP contribution in [0.5, 0.6) is 5.75 Å². The van der Waals surface area contributed by atoms with Gasteiger partial charge in [-0.3, -0.25) is 9.59 Å². The molecule has 2 rings (SSSR count). The predicted molar refractivity (Wildman–Crippen MR) is 69.2 cm³/mol. The quantitative estimate of drug-likeness (QED) is 0.847. The second kappa shape index (κ2) is 5.73. The number of carboxylic acid groups (broad SMARTS) is 1. The fourth-order valence-electron chi connectivity index (χ4n) is 2.08. The highest BCUT2D eigenvalue weighted by Gasteiger charge is 2.35. The molecule has 1 aromatic carbocycles. The van der Waals surface area contributed by atoms with Crippen LogP contribution in [0, 0.1) is 5.92 Å². The fraction of sp³-hybridized carbons (Fsp3) is 0.429. The van der Waals surface area contributed by atoms with Crippen molar-refractivity contribution in [2.45, 2.75) is 25.8 Å². The summed E-state index contributed by atoms with van der Waals surface area (Å²) in [6.45, 7) is 2.49. The highest BCUT2D eigenvalue weighted by atomic mass is 16.5. The molecule has 1 fully saturated rings. The van der Waals surface area contributed by atoms with E-state index in [-0.39, 0.29) is 17.9 Å². The van der Waals surface area contributed by atoms with Gasteiger partial charge in [0.15, 0.2) is 0 Å². The molecule has 1 aromatic rings. The SMILES string of the molecule is CCOc1ccc(C(=O)NC2CC(C(=O)O)C2)cc1. The van der Waals surface area contributed by atoms with Crippen molar-refractivity contribution in [2.75, 3.05) is 6.61 Å². The first kappa shape index (κ1) is 13.4. The van der Waals surface area contributed by atoms with Gasteiger partial charge in [-0.25, -0.2) is 0 Å². The number of carbonyl (C=O) groups is 2. The standard InChI is InChI=1S/C14H17NO4/c1-2-19-12-5-3-9(4-6-12)13(16)15-11-7-10(8-11)14(17)18/h3-6,10-11H,2,7-8H2,1H3,(H,15,16)(H,17,18). The molecule has 1 amide bonds. The third-order valence-corrected chi connectivity index (χ3v) is 3.25. The van der Waals surface area contributed by atoms with E-state index in [2.05, 4.69) is 5.32 Å². The Morgan fingerprint density at radius 3 is 2.47 bits per heavy atom. The molecule has 1 aliphatic carbocycles. The van der Waals surface area contributed by atoms with E-state index in [9.17, 15) is 9.59 Å². The second-order valence-electron chi connectivity index (χ2n) is 4.63. The number of nitrogens with one attached hydrogen (secondary N) is 1. The lowest BCUT2D eigenvalue weighted by Gasteiger charge is -2.32. The number of benzene rings is 1. The van der Waals surface area contributed by atoms with Gasteiger partial charge in [0.25, 0.3) is 5.91 Å². The topological polar surface area (TPSA) is 75.6 Å². The second-order valence-corrected chi connectivity index (χ2v) is 4.63. The van der Waals surface area contributed by atoms with Crippen molar-refractivity contribution < 1.29 is 19.4 Å². The Labute approximate surface area is 111 Å². The lowest BCUT2D eigenvalue weighted by molar-refractivity contribution is -0.145. The van der Waals surface area contributed by atoms with Gasteiger partial charge in [-0.1, -0.05) is 0 Å². The Morgan fingerprint density at radius 1 is 1.32 bits per heavy atom. The molecule has 0 atom stereocenters. The van der Waals surface area contributed by atoms with Crippen molar-refractivity contribution in [3.63, 3.8) is 0 Å². The smallest absolute Gasteiger partial charge is 0.306 e. The molecule has 0 radical (unpaired) electrons. The Hall–Kier alpha value is -2.04. The highest BCUT2D eigenvalue weighted by molar-refractivity contribution is 5.94. The first-order valence-corrected chi connectivity index (χ1v) is 6.36. The summed E-state index contributed by atoms with van der Waals surface area (Å²) in [5, 5.41) is 11.6. The molecule has 0 heterocycles. The van der Waals surface area contributed by atoms with E-state index in [1.165, 1.54) is 0 Å². The van der Waals surface area contributed by atoms with Crippen LogP contribution in [-0.4, -0.2) is 29.6 Å². The number of amides is 1. The van der Waals surface area contributed by atoms with Crippen molar-refractivity contribution in [3.8, 4) is 5.75 Å². The summed E-state index contributed by atoms with van der Waals surface area (Å²) in [6, 6.07) is 6.87. The monoisotopic (exact) mass is 263 g/mol. The summed E-state index contributed by atoms with van der Waals surface area (Å²) < 4.78 is 5.30. The van der Waals surface area contributed by atoms with E-state index in [0.717, 1.165) is 5.75 Å². The highest BCUT2D eigenvalue weighted by Crippen LogP contribution is 2.27. The largest absolute Gasteiger partial charge is 0.494 e. The molecule has 1 saturated carbocycles. The third-order valence-electron chi connectivity index (χ3n) is 3.25. The Bertz CT molecular complexity index is 463. The summed E-state index contributed by atoms with van der Waals surface area (Å²) in [6.07, 6.45) is 1.02. The number of hydrogen-bond acceptors (Lipinski definition) is 3. The minimum absolute atomic E-state index is 0.0276. The molecule has 102 valence electrons. The van der Waals surface area contributed by atoms with Crippen LogP contribution in [0.25, 0.3) is 0 Å². The lowest BCUT2D eigenvalue weighted by atomic mass is 9.80. The normalized spacial score (nSPS) is 21.3. The van der Waals surface area contributed by atoms with Gasteiger partial charge < -0.3 is 15.2 Å². The molecular weight excluding hydrogens is 246 g/mol. The molecule has 1 aliphatic rings. The van der Waals surface area contributed by atoms with Crippen LogP contribution < -0.4 is 10.1 Å². The molecule has 0 spiro atoms. The maximum atomic E-state index is 11.9. The third kappa shape index (κ3) is 3.24. The zero-order valence-corrected chi connectivity index (χ0v) is 10.8. The van der Waals surface area contributed by atoms with Gasteiger partial charge in [-0.15, -0.1) is 0 Å². The van der Waals surface area contributed by atoms with E-state index >= 15 is 0 Å². The minimum Gasteiger partial charge on any atom is -0.494 e. The molecule has 0 aliphatic heterocycles. The zero-order valence-electron chi connectivity index (χ0n) is 10.8. The number of carbonyl (C=O) groups excluding carboxylic acids is 1. The molecule has 0 saturated heterocycles. The van der Waals surface area contributed by atoms with Gasteiger partial charge in [-0.05, 0) is 44.0 Å². The minimum atomic E-state index is -0.786. The van der Waals surface area contributed by atoms with Crippen molar-refractivity contribution in [1.29, 1.82) is 0 Å². The van der Waals surface area contributed by atoms with Crippen molar-refractivity contribution in [1.82, 2.24) is 5.32 Å². The van der Waals surface area contributed by atoms with E-state index in [4.69, 9.17) is 9.84 Å². The van der Waals surface area contributed by atoms with Crippen LogP contribution in [0.2, 0.25) is 0 Å². The average Bonchev–Trinajstić information content (AvgIpc) is 2.33. The predicted octanol–water partition coefficient (Wildman–Crippen LogP) is 1.68. The van der Waals surface area contributed by atoms with Crippen LogP contribution >= 0.6 is 0 Å². The molecule has 2 N–H and O–H groups in total. The van der Waals surface area contributed by atoms with Crippen molar-refractivity contribution in [3.05, 3.63) is 29.8 Å². The Morgan fingerprint density at radius 2 is 1.95 bits per heavy atom. The molecule has 19 heavy (non-hydrogen) atoms. The number of rotatable bonds is 5. The summed E-state index contributed by atoms with van der Waals surface area (Å²) in [4.78, 5) is 22.5. The maximum absolute atomic E-state index is 11.9. The molecule has 5 nitrogen and oxygen atoms in total. The number of aliphatic carboxylic acids is 1. The summed E-state index contributed by atoms with van der Waals surface area (Å²) in [5.74, 6) is -0.539. The summed E-state index contributed by atoms with van der Waals surface area (Å²) in [7, 11) is 0. The molecular formula is C14H17NO4. The van der Waals surface area contributed by atoms with Gasteiger partial charge in [0.2, 0.25) is 0 Å². The molecule has 0 unspecified atom stereocenters.